The highest BCUT2D eigenvalue weighted by atomic mass is 32.2. The van der Waals surface area contributed by atoms with Crippen molar-refractivity contribution in [2.75, 3.05) is 25.5 Å². The molecule has 0 N–H and O–H groups in total. The number of aryl methyl sites for hydroxylation is 1. The van der Waals surface area contributed by atoms with Crippen LogP contribution in [-0.2, 0) is 21.9 Å². The van der Waals surface area contributed by atoms with Crippen LogP contribution in [-0.4, -0.2) is 54.0 Å². The van der Waals surface area contributed by atoms with Gasteiger partial charge in [0.25, 0.3) is 0 Å². The Morgan fingerprint density at radius 3 is 2.53 bits per heavy atom. The predicted molar refractivity (Wildman–Crippen MR) is 117 cm³/mol. The first-order valence-electron chi connectivity index (χ1n) is 9.18. The Balaban J connectivity index is 1.71. The molecule has 30 heavy (non-hydrogen) atoms. The standard InChI is InChI=1S/C21H23N5O3S/c1-24(30(28,29)13-11-17-8-5-4-6-9-17)16-21(27)25(2)20-14-19(23-26(20)3)18-10-7-12-22-15-18/h4-15H,16H2,1-3H3. The zero-order valence-electron chi connectivity index (χ0n) is 17.0. The van der Waals surface area contributed by atoms with E-state index in [4.69, 9.17) is 0 Å². The van der Waals surface area contributed by atoms with E-state index in [0.29, 0.717) is 11.5 Å². The summed E-state index contributed by atoms with van der Waals surface area (Å²) >= 11 is 0. The van der Waals surface area contributed by atoms with Crippen LogP contribution < -0.4 is 4.90 Å². The molecule has 2 aromatic heterocycles. The zero-order chi connectivity index (χ0) is 21.7. The highest BCUT2D eigenvalue weighted by Crippen LogP contribution is 2.22. The average Bonchev–Trinajstić information content (AvgIpc) is 3.14. The van der Waals surface area contributed by atoms with Gasteiger partial charge in [0.05, 0.1) is 12.2 Å². The topological polar surface area (TPSA) is 88.4 Å². The second-order valence-corrected chi connectivity index (χ2v) is 8.65. The average molecular weight is 426 g/mol. The van der Waals surface area contributed by atoms with Gasteiger partial charge in [-0.05, 0) is 23.8 Å². The molecule has 0 bridgehead atoms. The van der Waals surface area contributed by atoms with Gasteiger partial charge in [0.15, 0.2) is 0 Å². The number of rotatable bonds is 7. The summed E-state index contributed by atoms with van der Waals surface area (Å²) in [5.74, 6) is 0.166. The molecule has 3 rings (SSSR count). The molecule has 0 saturated carbocycles. The molecule has 0 unspecified atom stereocenters. The van der Waals surface area contributed by atoms with Crippen LogP contribution in [0.25, 0.3) is 17.3 Å². The molecule has 9 heteroatoms. The number of sulfonamides is 1. The molecule has 0 aliphatic heterocycles. The summed E-state index contributed by atoms with van der Waals surface area (Å²) in [5.41, 5.74) is 2.26. The third-order valence-corrected chi connectivity index (χ3v) is 6.03. The number of pyridine rings is 1. The lowest BCUT2D eigenvalue weighted by Crippen LogP contribution is -2.39. The van der Waals surface area contributed by atoms with Crippen molar-refractivity contribution >= 4 is 27.8 Å². The third-order valence-electron chi connectivity index (χ3n) is 4.55. The monoisotopic (exact) mass is 425 g/mol. The van der Waals surface area contributed by atoms with Crippen LogP contribution in [0.3, 0.4) is 0 Å². The minimum Gasteiger partial charge on any atom is -0.299 e. The van der Waals surface area contributed by atoms with Gasteiger partial charge in [0, 0.05) is 50.6 Å². The van der Waals surface area contributed by atoms with Crippen molar-refractivity contribution in [1.29, 1.82) is 0 Å². The molecule has 2 heterocycles. The minimum absolute atomic E-state index is 0.300. The molecule has 0 saturated heterocycles. The fraction of sp³-hybridized carbons (Fsp3) is 0.190. The van der Waals surface area contributed by atoms with E-state index in [1.807, 2.05) is 24.3 Å². The van der Waals surface area contributed by atoms with Gasteiger partial charge < -0.3 is 0 Å². The molecule has 156 valence electrons. The summed E-state index contributed by atoms with van der Waals surface area (Å²) < 4.78 is 27.6. The van der Waals surface area contributed by atoms with E-state index in [1.54, 1.807) is 55.4 Å². The summed E-state index contributed by atoms with van der Waals surface area (Å²) in [6.07, 6.45) is 4.86. The van der Waals surface area contributed by atoms with Crippen molar-refractivity contribution in [1.82, 2.24) is 19.1 Å². The molecule has 1 amide bonds. The predicted octanol–water partition coefficient (Wildman–Crippen LogP) is 2.38. The largest absolute Gasteiger partial charge is 0.299 e. The Labute approximate surface area is 176 Å². The van der Waals surface area contributed by atoms with Crippen molar-refractivity contribution in [2.24, 2.45) is 7.05 Å². The number of benzene rings is 1. The van der Waals surface area contributed by atoms with Crippen LogP contribution in [0.4, 0.5) is 5.82 Å². The Morgan fingerprint density at radius 1 is 1.13 bits per heavy atom. The molecule has 0 aliphatic carbocycles. The molecule has 3 aromatic rings. The number of hydrogen-bond acceptors (Lipinski definition) is 5. The van der Waals surface area contributed by atoms with Crippen molar-refractivity contribution in [3.05, 3.63) is 71.9 Å². The van der Waals surface area contributed by atoms with Gasteiger partial charge >= 0.3 is 0 Å². The first kappa shape index (κ1) is 21.4. The number of amides is 1. The lowest BCUT2D eigenvalue weighted by atomic mass is 10.2. The first-order valence-corrected chi connectivity index (χ1v) is 10.7. The molecule has 8 nitrogen and oxygen atoms in total. The van der Waals surface area contributed by atoms with Crippen molar-refractivity contribution < 1.29 is 13.2 Å². The van der Waals surface area contributed by atoms with Crippen LogP contribution in [0.5, 0.6) is 0 Å². The first-order chi connectivity index (χ1) is 14.3. The SMILES string of the molecule is CN(C(=O)CN(C)S(=O)(=O)C=Cc1ccccc1)c1cc(-c2cccnc2)nn1C. The smallest absolute Gasteiger partial charge is 0.243 e. The fourth-order valence-corrected chi connectivity index (χ4v) is 3.60. The molecular weight excluding hydrogens is 402 g/mol. The van der Waals surface area contributed by atoms with Crippen LogP contribution in [0, 0.1) is 0 Å². The molecule has 0 atom stereocenters. The van der Waals surface area contributed by atoms with Gasteiger partial charge in [-0.3, -0.25) is 19.4 Å². The van der Waals surface area contributed by atoms with Gasteiger partial charge in [0.1, 0.15) is 5.82 Å². The summed E-state index contributed by atoms with van der Waals surface area (Å²) in [4.78, 5) is 18.2. The van der Waals surface area contributed by atoms with Gasteiger partial charge in [-0.1, -0.05) is 30.3 Å². The van der Waals surface area contributed by atoms with Gasteiger partial charge in [-0.25, -0.2) is 8.42 Å². The van der Waals surface area contributed by atoms with Crippen molar-refractivity contribution in [3.63, 3.8) is 0 Å². The van der Waals surface area contributed by atoms with E-state index >= 15 is 0 Å². The molecule has 0 spiro atoms. The number of likely N-dealkylation sites (N-methyl/N-ethyl adjacent to an activating group) is 2. The Kier molecular flexibility index (Phi) is 6.43. The number of carbonyl (C=O) groups excluding carboxylic acids is 1. The van der Waals surface area contributed by atoms with E-state index in [1.165, 1.54) is 18.0 Å². The van der Waals surface area contributed by atoms with E-state index in [9.17, 15) is 13.2 Å². The van der Waals surface area contributed by atoms with Crippen LogP contribution in [0.1, 0.15) is 5.56 Å². The molecule has 0 fully saturated rings. The van der Waals surface area contributed by atoms with Crippen molar-refractivity contribution in [3.8, 4) is 11.3 Å². The van der Waals surface area contributed by atoms with Crippen LogP contribution in [0.2, 0.25) is 0 Å². The van der Waals surface area contributed by atoms with Gasteiger partial charge in [-0.15, -0.1) is 0 Å². The fourth-order valence-electron chi connectivity index (χ4n) is 2.77. The summed E-state index contributed by atoms with van der Waals surface area (Å²) in [6.45, 7) is -0.300. The number of carbonyl (C=O) groups is 1. The minimum atomic E-state index is -3.74. The Morgan fingerprint density at radius 2 is 1.87 bits per heavy atom. The van der Waals surface area contributed by atoms with Crippen LogP contribution in [0.15, 0.2) is 66.3 Å². The molecule has 0 aliphatic rings. The second-order valence-electron chi connectivity index (χ2n) is 6.72. The second kappa shape index (κ2) is 9.02. The van der Waals surface area contributed by atoms with E-state index < -0.39 is 10.0 Å². The van der Waals surface area contributed by atoms with E-state index in [-0.39, 0.29) is 12.5 Å². The van der Waals surface area contributed by atoms with E-state index in [0.717, 1.165) is 20.8 Å². The van der Waals surface area contributed by atoms with Crippen molar-refractivity contribution in [2.45, 2.75) is 0 Å². The quantitative estimate of drug-likeness (QED) is 0.580. The summed E-state index contributed by atoms with van der Waals surface area (Å²) in [7, 11) is 0.947. The maximum atomic E-state index is 12.7. The number of hydrogen-bond donors (Lipinski definition) is 0. The number of anilines is 1. The lowest BCUT2D eigenvalue weighted by Gasteiger charge is -2.20. The molecule has 0 radical (unpaired) electrons. The number of nitrogens with zero attached hydrogens (tertiary/aromatic N) is 5. The van der Waals surface area contributed by atoms with E-state index in [2.05, 4.69) is 10.1 Å². The molecule has 1 aromatic carbocycles. The highest BCUT2D eigenvalue weighted by molar-refractivity contribution is 7.92. The van der Waals surface area contributed by atoms with Gasteiger partial charge in [-0.2, -0.15) is 9.40 Å². The lowest BCUT2D eigenvalue weighted by molar-refractivity contribution is -0.118. The highest BCUT2D eigenvalue weighted by Gasteiger charge is 2.22. The Bertz CT molecular complexity index is 1140. The third kappa shape index (κ3) is 5.00. The molecular formula is C21H23N5O3S. The Hall–Kier alpha value is -3.30. The maximum Gasteiger partial charge on any atom is 0.243 e. The maximum absolute atomic E-state index is 12.7. The van der Waals surface area contributed by atoms with Crippen LogP contribution >= 0.6 is 0 Å². The number of aromatic nitrogens is 3. The normalized spacial score (nSPS) is 11.9. The zero-order valence-corrected chi connectivity index (χ0v) is 17.8. The summed E-state index contributed by atoms with van der Waals surface area (Å²) in [6, 6.07) is 14.5. The van der Waals surface area contributed by atoms with Gasteiger partial charge in [0.2, 0.25) is 15.9 Å². The summed E-state index contributed by atoms with van der Waals surface area (Å²) in [5, 5.41) is 5.51.